The highest BCUT2D eigenvalue weighted by Crippen LogP contribution is 2.30. The molecule has 4 nitrogen and oxygen atoms in total. The van der Waals surface area contributed by atoms with Gasteiger partial charge < -0.3 is 9.84 Å². The zero-order valence-electron chi connectivity index (χ0n) is 9.00. The van der Waals surface area contributed by atoms with Crippen molar-refractivity contribution < 1.29 is 19.4 Å². The molecule has 0 unspecified atom stereocenters. The van der Waals surface area contributed by atoms with E-state index in [9.17, 15) is 9.59 Å². The molecule has 1 aromatic carbocycles. The molecular formula is C11H10Br2O4. The summed E-state index contributed by atoms with van der Waals surface area (Å²) in [6, 6.07) is 3.08. The molecule has 6 heteroatoms. The average molecular weight is 366 g/mol. The Hall–Kier alpha value is -0.880. The van der Waals surface area contributed by atoms with Crippen molar-refractivity contribution in [2.24, 2.45) is 0 Å². The minimum Gasteiger partial charge on any atom is -0.478 e. The Balaban J connectivity index is 2.93. The number of ether oxygens (including phenoxy) is 1. The first-order valence-corrected chi connectivity index (χ1v) is 6.41. The third kappa shape index (κ3) is 3.54. The van der Waals surface area contributed by atoms with Crippen LogP contribution >= 0.6 is 31.9 Å². The van der Waals surface area contributed by atoms with E-state index in [4.69, 9.17) is 9.84 Å². The number of carbonyl (C=O) groups excluding carboxylic acids is 1. The molecule has 0 radical (unpaired) electrons. The molecule has 17 heavy (non-hydrogen) atoms. The Kier molecular flexibility index (Phi) is 5.14. The van der Waals surface area contributed by atoms with Crippen molar-refractivity contribution in [1.29, 1.82) is 0 Å². The van der Waals surface area contributed by atoms with E-state index in [0.29, 0.717) is 20.9 Å². The molecule has 0 aromatic heterocycles. The van der Waals surface area contributed by atoms with Gasteiger partial charge in [-0.1, -0.05) is 13.0 Å². The van der Waals surface area contributed by atoms with Gasteiger partial charge in [0.1, 0.15) is 6.61 Å². The lowest BCUT2D eigenvalue weighted by Crippen LogP contribution is -2.05. The Bertz CT molecular complexity index is 457. The molecule has 0 aliphatic rings. The second kappa shape index (κ2) is 6.16. The molecule has 0 fully saturated rings. The van der Waals surface area contributed by atoms with Crippen LogP contribution in [0.4, 0.5) is 0 Å². The number of carboxylic acid groups (broad SMARTS) is 1. The Labute approximate surface area is 115 Å². The SMILES string of the molecule is CCC(=O)OCc1ccc(C(=O)O)c(Br)c1Br. The lowest BCUT2D eigenvalue weighted by Gasteiger charge is -2.09. The van der Waals surface area contributed by atoms with E-state index in [1.54, 1.807) is 13.0 Å². The number of aromatic carboxylic acids is 1. The van der Waals surface area contributed by atoms with Crippen LogP contribution in [0.2, 0.25) is 0 Å². The maximum absolute atomic E-state index is 11.0. The number of rotatable bonds is 4. The van der Waals surface area contributed by atoms with E-state index in [2.05, 4.69) is 31.9 Å². The van der Waals surface area contributed by atoms with Crippen molar-refractivity contribution in [3.8, 4) is 0 Å². The second-order valence-electron chi connectivity index (χ2n) is 3.22. The van der Waals surface area contributed by atoms with Gasteiger partial charge in [0.15, 0.2) is 0 Å². The minimum atomic E-state index is -1.02. The number of carbonyl (C=O) groups is 2. The van der Waals surface area contributed by atoms with Gasteiger partial charge in [-0.3, -0.25) is 4.79 Å². The maximum Gasteiger partial charge on any atom is 0.336 e. The van der Waals surface area contributed by atoms with E-state index in [1.807, 2.05) is 0 Å². The third-order valence-electron chi connectivity index (χ3n) is 2.07. The van der Waals surface area contributed by atoms with Crippen LogP contribution in [0.25, 0.3) is 0 Å². The first-order chi connectivity index (χ1) is 7.97. The standard InChI is InChI=1S/C11H10Br2O4/c1-2-8(14)17-5-6-3-4-7(11(15)16)10(13)9(6)12/h3-4H,2,5H2,1H3,(H,15,16). The molecule has 92 valence electrons. The van der Waals surface area contributed by atoms with Gasteiger partial charge in [-0.15, -0.1) is 0 Å². The highest BCUT2D eigenvalue weighted by Gasteiger charge is 2.14. The summed E-state index contributed by atoms with van der Waals surface area (Å²) in [5.74, 6) is -1.31. The van der Waals surface area contributed by atoms with Crippen LogP contribution in [-0.4, -0.2) is 17.0 Å². The van der Waals surface area contributed by atoms with Gasteiger partial charge in [-0.25, -0.2) is 4.79 Å². The Morgan fingerprint density at radius 3 is 2.47 bits per heavy atom. The van der Waals surface area contributed by atoms with Crippen LogP contribution < -0.4 is 0 Å². The molecule has 0 amide bonds. The van der Waals surface area contributed by atoms with Crippen molar-refractivity contribution in [3.63, 3.8) is 0 Å². The lowest BCUT2D eigenvalue weighted by atomic mass is 10.1. The molecule has 1 N–H and O–H groups in total. The van der Waals surface area contributed by atoms with Crippen molar-refractivity contribution in [2.45, 2.75) is 20.0 Å². The monoisotopic (exact) mass is 364 g/mol. The quantitative estimate of drug-likeness (QED) is 0.831. The van der Waals surface area contributed by atoms with Gasteiger partial charge in [-0.2, -0.15) is 0 Å². The summed E-state index contributed by atoms with van der Waals surface area (Å²) in [6.07, 6.45) is 0.312. The van der Waals surface area contributed by atoms with Gasteiger partial charge in [0.05, 0.1) is 5.56 Å². The highest BCUT2D eigenvalue weighted by atomic mass is 79.9. The summed E-state index contributed by atoms with van der Waals surface area (Å²) >= 11 is 6.46. The topological polar surface area (TPSA) is 63.6 Å². The van der Waals surface area contributed by atoms with Gasteiger partial charge in [0.25, 0.3) is 0 Å². The normalized spacial score (nSPS) is 10.1. The number of hydrogen-bond donors (Lipinski definition) is 1. The molecule has 0 heterocycles. The summed E-state index contributed by atoms with van der Waals surface area (Å²) in [5, 5.41) is 8.90. The van der Waals surface area contributed by atoms with Crippen LogP contribution in [0.3, 0.4) is 0 Å². The van der Waals surface area contributed by atoms with E-state index < -0.39 is 5.97 Å². The van der Waals surface area contributed by atoms with E-state index in [0.717, 1.165) is 0 Å². The first-order valence-electron chi connectivity index (χ1n) is 4.83. The molecule has 1 aromatic rings. The molecule has 0 spiro atoms. The lowest BCUT2D eigenvalue weighted by molar-refractivity contribution is -0.144. The molecule has 0 atom stereocenters. The Morgan fingerprint density at radius 2 is 1.94 bits per heavy atom. The number of benzene rings is 1. The fourth-order valence-corrected chi connectivity index (χ4v) is 2.14. The second-order valence-corrected chi connectivity index (χ2v) is 4.81. The van der Waals surface area contributed by atoms with Crippen LogP contribution in [0.1, 0.15) is 29.3 Å². The summed E-state index contributed by atoms with van der Waals surface area (Å²) in [4.78, 5) is 21.9. The van der Waals surface area contributed by atoms with Crippen LogP contribution in [0, 0.1) is 0 Å². The van der Waals surface area contributed by atoms with E-state index >= 15 is 0 Å². The third-order valence-corrected chi connectivity index (χ3v) is 4.33. The fourth-order valence-electron chi connectivity index (χ4n) is 1.13. The molecule has 0 aliphatic carbocycles. The largest absolute Gasteiger partial charge is 0.478 e. The van der Waals surface area contributed by atoms with E-state index in [1.165, 1.54) is 6.07 Å². The molecule has 1 rings (SSSR count). The van der Waals surface area contributed by atoms with Crippen LogP contribution in [-0.2, 0) is 16.1 Å². The van der Waals surface area contributed by atoms with Gasteiger partial charge in [0, 0.05) is 20.9 Å². The van der Waals surface area contributed by atoms with Crippen molar-refractivity contribution in [1.82, 2.24) is 0 Å². The smallest absolute Gasteiger partial charge is 0.336 e. The molecule has 0 saturated heterocycles. The van der Waals surface area contributed by atoms with Gasteiger partial charge >= 0.3 is 11.9 Å². The predicted molar refractivity (Wildman–Crippen MR) is 68.9 cm³/mol. The first kappa shape index (κ1) is 14.2. The number of hydrogen-bond acceptors (Lipinski definition) is 3. The molecule has 0 saturated carbocycles. The summed E-state index contributed by atoms with van der Waals surface area (Å²) in [6.45, 7) is 1.83. The minimum absolute atomic E-state index is 0.117. The summed E-state index contributed by atoms with van der Waals surface area (Å²) < 4.78 is 6.00. The summed E-state index contributed by atoms with van der Waals surface area (Å²) in [5.41, 5.74) is 0.867. The van der Waals surface area contributed by atoms with Crippen molar-refractivity contribution >= 4 is 43.8 Å². The van der Waals surface area contributed by atoms with Crippen LogP contribution in [0.15, 0.2) is 21.1 Å². The number of halogens is 2. The van der Waals surface area contributed by atoms with Crippen molar-refractivity contribution in [3.05, 3.63) is 32.2 Å². The van der Waals surface area contributed by atoms with Gasteiger partial charge in [-0.05, 0) is 37.9 Å². The highest BCUT2D eigenvalue weighted by molar-refractivity contribution is 9.13. The zero-order valence-corrected chi connectivity index (χ0v) is 12.2. The average Bonchev–Trinajstić information content (AvgIpc) is 2.30. The van der Waals surface area contributed by atoms with Crippen LogP contribution in [0.5, 0.6) is 0 Å². The zero-order chi connectivity index (χ0) is 13.0. The molecule has 0 bridgehead atoms. The van der Waals surface area contributed by atoms with E-state index in [-0.39, 0.29) is 18.1 Å². The van der Waals surface area contributed by atoms with Gasteiger partial charge in [0.2, 0.25) is 0 Å². The fraction of sp³-hybridized carbons (Fsp3) is 0.273. The predicted octanol–water partition coefficient (Wildman–Crippen LogP) is 3.36. The number of esters is 1. The Morgan fingerprint density at radius 1 is 1.29 bits per heavy atom. The molecule has 0 aliphatic heterocycles. The summed E-state index contributed by atoms with van der Waals surface area (Å²) in [7, 11) is 0. The van der Waals surface area contributed by atoms with Crippen molar-refractivity contribution in [2.75, 3.05) is 0 Å². The number of carboxylic acids is 1. The maximum atomic E-state index is 11.0. The molecular weight excluding hydrogens is 356 g/mol.